The van der Waals surface area contributed by atoms with Crippen molar-refractivity contribution < 1.29 is 5.11 Å². The molecule has 0 saturated heterocycles. The standard InChI is InChI=1S/C19H20N2OS2/c1-12-7-8-14-16(9-12)24-19-17(14)18(20-11-21-19)23-10-15(22)13-5-3-2-4-6-13/h2-6,11-12,15,22H,7-10H2,1H3/t12-,15-/m0/s1. The zero-order chi connectivity index (χ0) is 16.5. The van der Waals surface area contributed by atoms with Crippen molar-refractivity contribution in [1.82, 2.24) is 9.97 Å². The minimum Gasteiger partial charge on any atom is -0.388 e. The molecule has 1 aliphatic rings. The van der Waals surface area contributed by atoms with Crippen molar-refractivity contribution in [2.45, 2.75) is 37.3 Å². The van der Waals surface area contributed by atoms with Gasteiger partial charge >= 0.3 is 0 Å². The Labute approximate surface area is 150 Å². The zero-order valence-corrected chi connectivity index (χ0v) is 15.2. The molecule has 4 rings (SSSR count). The zero-order valence-electron chi connectivity index (χ0n) is 13.6. The molecule has 0 aliphatic heterocycles. The highest BCUT2D eigenvalue weighted by Crippen LogP contribution is 2.41. The van der Waals surface area contributed by atoms with Gasteiger partial charge in [0.1, 0.15) is 16.2 Å². The van der Waals surface area contributed by atoms with Gasteiger partial charge in [-0.05, 0) is 36.3 Å². The van der Waals surface area contributed by atoms with E-state index in [1.807, 2.05) is 41.7 Å². The number of benzene rings is 1. The second-order valence-corrected chi connectivity index (χ2v) is 8.54. The van der Waals surface area contributed by atoms with Gasteiger partial charge in [-0.3, -0.25) is 0 Å². The quantitative estimate of drug-likeness (QED) is 0.546. The highest BCUT2D eigenvalue weighted by Gasteiger charge is 2.23. The minimum absolute atomic E-state index is 0.476. The number of aryl methyl sites for hydroxylation is 1. The maximum Gasteiger partial charge on any atom is 0.128 e. The lowest BCUT2D eigenvalue weighted by Crippen LogP contribution is -2.08. The Morgan fingerprint density at radius 1 is 1.29 bits per heavy atom. The van der Waals surface area contributed by atoms with E-state index in [4.69, 9.17) is 0 Å². The molecule has 0 spiro atoms. The van der Waals surface area contributed by atoms with E-state index in [9.17, 15) is 5.11 Å². The second kappa shape index (κ2) is 6.82. The number of fused-ring (bicyclic) bond motifs is 3. The first-order chi connectivity index (χ1) is 11.7. The number of thioether (sulfide) groups is 1. The Morgan fingerprint density at radius 2 is 2.12 bits per heavy atom. The highest BCUT2D eigenvalue weighted by atomic mass is 32.2. The number of thiophene rings is 1. The first kappa shape index (κ1) is 16.1. The Kier molecular flexibility index (Phi) is 4.57. The average molecular weight is 357 g/mol. The summed E-state index contributed by atoms with van der Waals surface area (Å²) in [6, 6.07) is 9.82. The summed E-state index contributed by atoms with van der Waals surface area (Å²) in [6.45, 7) is 2.32. The van der Waals surface area contributed by atoms with E-state index < -0.39 is 6.10 Å². The van der Waals surface area contributed by atoms with Crippen molar-refractivity contribution in [3.63, 3.8) is 0 Å². The van der Waals surface area contributed by atoms with Crippen LogP contribution in [0.3, 0.4) is 0 Å². The molecule has 0 fully saturated rings. The first-order valence-electron chi connectivity index (χ1n) is 8.33. The molecule has 1 aromatic carbocycles. The molecule has 0 unspecified atom stereocenters. The summed E-state index contributed by atoms with van der Waals surface area (Å²) in [5.41, 5.74) is 2.40. The van der Waals surface area contributed by atoms with Crippen LogP contribution in [0.15, 0.2) is 41.7 Å². The van der Waals surface area contributed by atoms with Crippen LogP contribution in [-0.4, -0.2) is 20.8 Å². The molecule has 3 nitrogen and oxygen atoms in total. The van der Waals surface area contributed by atoms with Gasteiger partial charge in [0.25, 0.3) is 0 Å². The van der Waals surface area contributed by atoms with E-state index >= 15 is 0 Å². The van der Waals surface area contributed by atoms with Crippen LogP contribution in [0.1, 0.15) is 35.5 Å². The van der Waals surface area contributed by atoms with E-state index in [0.29, 0.717) is 5.75 Å². The molecule has 1 N–H and O–H groups in total. The van der Waals surface area contributed by atoms with Gasteiger partial charge in [0.15, 0.2) is 0 Å². The molecular weight excluding hydrogens is 336 g/mol. The molecular formula is C19H20N2OS2. The predicted molar refractivity (Wildman–Crippen MR) is 101 cm³/mol. The number of aromatic nitrogens is 2. The molecule has 0 saturated carbocycles. The largest absolute Gasteiger partial charge is 0.388 e. The van der Waals surface area contributed by atoms with Crippen LogP contribution in [0, 0.1) is 5.92 Å². The summed E-state index contributed by atoms with van der Waals surface area (Å²) < 4.78 is 0. The van der Waals surface area contributed by atoms with Gasteiger partial charge in [-0.15, -0.1) is 23.1 Å². The van der Waals surface area contributed by atoms with Crippen LogP contribution in [0.4, 0.5) is 0 Å². The van der Waals surface area contributed by atoms with E-state index in [0.717, 1.165) is 34.2 Å². The van der Waals surface area contributed by atoms with Gasteiger partial charge in [0.05, 0.1) is 6.10 Å². The summed E-state index contributed by atoms with van der Waals surface area (Å²) in [7, 11) is 0. The lowest BCUT2D eigenvalue weighted by molar-refractivity contribution is 0.204. The molecule has 2 atom stereocenters. The van der Waals surface area contributed by atoms with Crippen molar-refractivity contribution in [3.8, 4) is 0 Å². The number of nitrogens with zero attached hydrogens (tertiary/aromatic N) is 2. The molecule has 2 heterocycles. The molecule has 1 aliphatic carbocycles. The highest BCUT2D eigenvalue weighted by molar-refractivity contribution is 7.99. The normalized spacial score (nSPS) is 18.5. The third-order valence-electron chi connectivity index (χ3n) is 4.62. The second-order valence-electron chi connectivity index (χ2n) is 6.45. The number of aliphatic hydroxyl groups is 1. The van der Waals surface area contributed by atoms with Gasteiger partial charge in [0, 0.05) is 16.0 Å². The Morgan fingerprint density at radius 3 is 2.96 bits per heavy atom. The summed E-state index contributed by atoms with van der Waals surface area (Å²) >= 11 is 3.46. The fraction of sp³-hybridized carbons (Fsp3) is 0.368. The predicted octanol–water partition coefficient (Wildman–Crippen LogP) is 4.64. The van der Waals surface area contributed by atoms with Gasteiger partial charge in [-0.25, -0.2) is 9.97 Å². The SMILES string of the molecule is C[C@H]1CCc2c(sc3ncnc(SC[C@H](O)c4ccccc4)c23)C1. The summed E-state index contributed by atoms with van der Waals surface area (Å²) in [4.78, 5) is 11.6. The Balaban J connectivity index is 1.60. The molecule has 0 amide bonds. The summed E-state index contributed by atoms with van der Waals surface area (Å²) in [6.07, 6.45) is 4.71. The van der Waals surface area contributed by atoms with E-state index in [2.05, 4.69) is 16.9 Å². The summed E-state index contributed by atoms with van der Waals surface area (Å²) in [5.74, 6) is 1.37. The lowest BCUT2D eigenvalue weighted by atomic mass is 9.89. The number of hydrogen-bond donors (Lipinski definition) is 1. The molecule has 24 heavy (non-hydrogen) atoms. The molecule has 0 radical (unpaired) electrons. The number of hydrogen-bond acceptors (Lipinski definition) is 5. The first-order valence-corrected chi connectivity index (χ1v) is 10.1. The van der Waals surface area contributed by atoms with E-state index in [1.54, 1.807) is 18.1 Å². The third-order valence-corrected chi connectivity index (χ3v) is 6.85. The molecule has 124 valence electrons. The van der Waals surface area contributed by atoms with E-state index in [-0.39, 0.29) is 0 Å². The van der Waals surface area contributed by atoms with E-state index in [1.165, 1.54) is 22.2 Å². The van der Waals surface area contributed by atoms with Crippen LogP contribution < -0.4 is 0 Å². The van der Waals surface area contributed by atoms with Crippen molar-refractivity contribution in [3.05, 3.63) is 52.7 Å². The maximum atomic E-state index is 10.4. The van der Waals surface area contributed by atoms with Crippen molar-refractivity contribution in [2.24, 2.45) is 5.92 Å². The van der Waals surface area contributed by atoms with Gasteiger partial charge in [-0.1, -0.05) is 37.3 Å². The smallest absolute Gasteiger partial charge is 0.128 e. The van der Waals surface area contributed by atoms with Crippen LogP contribution in [0.25, 0.3) is 10.2 Å². The molecule has 3 aromatic rings. The number of aliphatic hydroxyl groups excluding tert-OH is 1. The minimum atomic E-state index is -0.476. The van der Waals surface area contributed by atoms with Crippen LogP contribution in [0.2, 0.25) is 0 Å². The van der Waals surface area contributed by atoms with Gasteiger partial charge in [0.2, 0.25) is 0 Å². The number of rotatable bonds is 4. The average Bonchev–Trinajstić information content (AvgIpc) is 2.98. The molecule has 0 bridgehead atoms. The van der Waals surface area contributed by atoms with Gasteiger partial charge in [-0.2, -0.15) is 0 Å². The Hall–Kier alpha value is -1.43. The molecule has 2 aromatic heterocycles. The van der Waals surface area contributed by atoms with Crippen molar-refractivity contribution in [1.29, 1.82) is 0 Å². The topological polar surface area (TPSA) is 46.0 Å². The van der Waals surface area contributed by atoms with Crippen molar-refractivity contribution in [2.75, 3.05) is 5.75 Å². The Bertz CT molecular complexity index is 847. The monoisotopic (exact) mass is 356 g/mol. The third kappa shape index (κ3) is 3.08. The van der Waals surface area contributed by atoms with Crippen molar-refractivity contribution >= 4 is 33.3 Å². The van der Waals surface area contributed by atoms with Crippen LogP contribution >= 0.6 is 23.1 Å². The maximum absolute atomic E-state index is 10.4. The molecule has 5 heteroatoms. The van der Waals surface area contributed by atoms with Crippen LogP contribution in [0.5, 0.6) is 0 Å². The fourth-order valence-electron chi connectivity index (χ4n) is 3.28. The van der Waals surface area contributed by atoms with Crippen LogP contribution in [-0.2, 0) is 12.8 Å². The summed E-state index contributed by atoms with van der Waals surface area (Å²) in [5, 5.41) is 12.7. The fourth-order valence-corrected chi connectivity index (χ4v) is 5.69. The van der Waals surface area contributed by atoms with Gasteiger partial charge < -0.3 is 5.11 Å². The lowest BCUT2D eigenvalue weighted by Gasteiger charge is -2.18.